The van der Waals surface area contributed by atoms with Gasteiger partial charge in [0.2, 0.25) is 0 Å². The molecule has 110 valence electrons. The molecule has 3 heterocycles. The molecule has 0 atom stereocenters. The number of hydrogen-bond donors (Lipinski definition) is 0. The van der Waals surface area contributed by atoms with E-state index in [1.54, 1.807) is 18.2 Å². The van der Waals surface area contributed by atoms with Crippen LogP contribution >= 0.6 is 11.6 Å². The quantitative estimate of drug-likeness (QED) is 0.704. The Morgan fingerprint density at radius 2 is 2.00 bits per heavy atom. The third-order valence-electron chi connectivity index (χ3n) is 3.94. The standard InChI is InChI=1S/C15H9BClF3N2/c17-10-5-6-11(12(18)9-10)15-13-3-1-7-21(13)16(19,20)22-8-2-4-14(15)22/h1-9H. The van der Waals surface area contributed by atoms with Gasteiger partial charge in [-0.15, -0.1) is 0 Å². The van der Waals surface area contributed by atoms with Crippen LogP contribution in [0.4, 0.5) is 13.0 Å². The molecule has 22 heavy (non-hydrogen) atoms. The third kappa shape index (κ3) is 1.67. The van der Waals surface area contributed by atoms with Crippen LogP contribution in [0.3, 0.4) is 0 Å². The first-order chi connectivity index (χ1) is 10.5. The molecule has 0 amide bonds. The second-order valence-electron chi connectivity index (χ2n) is 5.19. The predicted molar refractivity (Wildman–Crippen MR) is 80.7 cm³/mol. The van der Waals surface area contributed by atoms with E-state index in [4.69, 9.17) is 11.6 Å². The lowest BCUT2D eigenvalue weighted by Crippen LogP contribution is -2.49. The van der Waals surface area contributed by atoms with Gasteiger partial charge >= 0.3 is 6.97 Å². The van der Waals surface area contributed by atoms with Crippen molar-refractivity contribution in [2.75, 3.05) is 0 Å². The number of benzene rings is 1. The average Bonchev–Trinajstić information content (AvgIpc) is 3.11. The Balaban J connectivity index is 2.07. The lowest BCUT2D eigenvalue weighted by atomic mass is 9.86. The number of halogens is 4. The van der Waals surface area contributed by atoms with Crippen LogP contribution < -0.4 is 0 Å². The summed E-state index contributed by atoms with van der Waals surface area (Å²) in [4.78, 5) is 0. The van der Waals surface area contributed by atoms with E-state index in [0.29, 0.717) is 5.57 Å². The Hall–Kier alpha value is -2.21. The molecule has 0 fully saturated rings. The van der Waals surface area contributed by atoms with Crippen molar-refractivity contribution in [1.29, 1.82) is 0 Å². The van der Waals surface area contributed by atoms with E-state index in [-0.39, 0.29) is 22.0 Å². The van der Waals surface area contributed by atoms with E-state index in [1.165, 1.54) is 36.7 Å². The highest BCUT2D eigenvalue weighted by Crippen LogP contribution is 2.39. The Kier molecular flexibility index (Phi) is 2.69. The lowest BCUT2D eigenvalue weighted by Gasteiger charge is -2.30. The van der Waals surface area contributed by atoms with Crippen LogP contribution in [0.25, 0.3) is 5.57 Å². The van der Waals surface area contributed by atoms with Gasteiger partial charge in [0.15, 0.2) is 5.70 Å². The molecule has 2 aliphatic heterocycles. The molecule has 0 saturated carbocycles. The molecule has 4 rings (SSSR count). The van der Waals surface area contributed by atoms with E-state index in [2.05, 4.69) is 0 Å². The minimum atomic E-state index is -3.97. The molecule has 0 radical (unpaired) electrons. The highest BCUT2D eigenvalue weighted by Gasteiger charge is 2.51. The maximum atomic E-state index is 14.6. The Morgan fingerprint density at radius 3 is 2.77 bits per heavy atom. The van der Waals surface area contributed by atoms with Crippen LogP contribution in [-0.4, -0.2) is 22.1 Å². The Labute approximate surface area is 129 Å². The molecule has 2 nitrogen and oxygen atoms in total. The van der Waals surface area contributed by atoms with E-state index in [0.717, 1.165) is 8.96 Å². The summed E-state index contributed by atoms with van der Waals surface area (Å²) >= 11 is 5.78. The van der Waals surface area contributed by atoms with Crippen molar-refractivity contribution < 1.29 is 17.5 Å². The fourth-order valence-electron chi connectivity index (χ4n) is 2.99. The largest absolute Gasteiger partial charge is 0.737 e. The van der Waals surface area contributed by atoms with Crippen LogP contribution in [0, 0.1) is 5.82 Å². The summed E-state index contributed by atoms with van der Waals surface area (Å²) in [5.74, 6) is -0.541. The molecule has 1 aromatic heterocycles. The van der Waals surface area contributed by atoms with Crippen LogP contribution in [0.1, 0.15) is 11.3 Å². The Morgan fingerprint density at radius 1 is 1.18 bits per heavy atom. The van der Waals surface area contributed by atoms with Gasteiger partial charge in [-0.05, 0) is 36.5 Å². The monoisotopic (exact) mass is 320 g/mol. The first-order valence-corrected chi connectivity index (χ1v) is 7.07. The second-order valence-corrected chi connectivity index (χ2v) is 5.63. The molecule has 0 aliphatic carbocycles. The van der Waals surface area contributed by atoms with Crippen LogP contribution in [0.5, 0.6) is 0 Å². The van der Waals surface area contributed by atoms with E-state index < -0.39 is 12.8 Å². The van der Waals surface area contributed by atoms with Gasteiger partial charge in [0.1, 0.15) is 12.0 Å². The topological polar surface area (TPSA) is 7.94 Å². The van der Waals surface area contributed by atoms with Crippen molar-refractivity contribution in [3.05, 3.63) is 76.5 Å². The SMILES string of the molecule is Fc1cc(Cl)ccc1C1=C2C=CC=[N+]2[B-](F)(F)n2cccc21. The molecule has 0 bridgehead atoms. The van der Waals surface area contributed by atoms with Crippen molar-refractivity contribution in [3.8, 4) is 0 Å². The van der Waals surface area contributed by atoms with Crippen molar-refractivity contribution in [2.24, 2.45) is 0 Å². The number of nitrogens with zero attached hydrogens (tertiary/aromatic N) is 2. The highest BCUT2D eigenvalue weighted by atomic mass is 35.5. The summed E-state index contributed by atoms with van der Waals surface area (Å²) in [5.41, 5.74) is 1.25. The van der Waals surface area contributed by atoms with Crippen molar-refractivity contribution in [3.63, 3.8) is 0 Å². The fraction of sp³-hybridized carbons (Fsp3) is 0. The normalized spacial score (nSPS) is 18.3. The number of rotatable bonds is 1. The van der Waals surface area contributed by atoms with Crippen molar-refractivity contribution in [2.45, 2.75) is 0 Å². The second kappa shape index (κ2) is 4.40. The lowest BCUT2D eigenvalue weighted by molar-refractivity contribution is -0.356. The first kappa shape index (κ1) is 13.5. The molecule has 0 N–H and O–H groups in total. The minimum absolute atomic E-state index is 0.246. The smallest absolute Gasteiger partial charge is 0.396 e. The molecular formula is C15H9BClF3N2. The summed E-state index contributed by atoms with van der Waals surface area (Å²) in [7, 11) is 0. The van der Waals surface area contributed by atoms with E-state index in [9.17, 15) is 13.0 Å². The summed E-state index contributed by atoms with van der Waals surface area (Å²) in [5, 5.41) is 0.262. The van der Waals surface area contributed by atoms with Gasteiger partial charge in [0, 0.05) is 28.4 Å². The molecule has 7 heteroatoms. The zero-order chi connectivity index (χ0) is 15.5. The number of aromatic nitrogens is 1. The minimum Gasteiger partial charge on any atom is -0.396 e. The van der Waals surface area contributed by atoms with Gasteiger partial charge in [0.25, 0.3) is 0 Å². The van der Waals surface area contributed by atoms with Gasteiger partial charge in [-0.3, -0.25) is 0 Å². The zero-order valence-corrected chi connectivity index (χ0v) is 11.9. The molecule has 0 spiro atoms. The van der Waals surface area contributed by atoms with Gasteiger partial charge in [-0.1, -0.05) is 11.6 Å². The molecular weight excluding hydrogens is 311 g/mol. The number of allylic oxidation sites excluding steroid dienone is 2. The maximum absolute atomic E-state index is 14.6. The summed E-state index contributed by atoms with van der Waals surface area (Å²) in [6, 6.07) is 7.34. The van der Waals surface area contributed by atoms with Crippen LogP contribution in [0.15, 0.2) is 54.4 Å². The Bertz CT molecular complexity index is 896. The molecule has 0 unspecified atom stereocenters. The van der Waals surface area contributed by atoms with Gasteiger partial charge in [0.05, 0.1) is 5.57 Å². The summed E-state index contributed by atoms with van der Waals surface area (Å²) < 4.78 is 45.3. The zero-order valence-electron chi connectivity index (χ0n) is 11.2. The average molecular weight is 321 g/mol. The molecule has 2 aliphatic rings. The summed E-state index contributed by atoms with van der Waals surface area (Å²) in [6.45, 7) is -3.97. The summed E-state index contributed by atoms with van der Waals surface area (Å²) in [6.07, 6.45) is 5.72. The molecule has 2 aromatic rings. The van der Waals surface area contributed by atoms with E-state index in [1.807, 2.05) is 0 Å². The maximum Gasteiger partial charge on any atom is 0.737 e. The van der Waals surface area contributed by atoms with Crippen molar-refractivity contribution >= 4 is 30.4 Å². The molecule has 0 saturated heterocycles. The third-order valence-corrected chi connectivity index (χ3v) is 4.18. The van der Waals surface area contributed by atoms with Crippen LogP contribution in [-0.2, 0) is 0 Å². The van der Waals surface area contributed by atoms with Crippen molar-refractivity contribution in [1.82, 2.24) is 4.48 Å². The predicted octanol–water partition coefficient (Wildman–Crippen LogP) is 3.93. The van der Waals surface area contributed by atoms with Gasteiger partial charge < -0.3 is 17.6 Å². The fourth-order valence-corrected chi connectivity index (χ4v) is 3.15. The van der Waals surface area contributed by atoms with Crippen LogP contribution in [0.2, 0.25) is 5.02 Å². The highest BCUT2D eigenvalue weighted by molar-refractivity contribution is 6.57. The first-order valence-electron chi connectivity index (χ1n) is 6.69. The number of fused-ring (bicyclic) bond motifs is 2. The number of hydrogen-bond acceptors (Lipinski definition) is 0. The molecule has 1 aromatic carbocycles. The van der Waals surface area contributed by atoms with Gasteiger partial charge in [-0.2, -0.15) is 0 Å². The van der Waals surface area contributed by atoms with E-state index >= 15 is 0 Å². The van der Waals surface area contributed by atoms with Gasteiger partial charge in [-0.25, -0.2) is 4.39 Å².